The van der Waals surface area contributed by atoms with Crippen molar-refractivity contribution < 1.29 is 14.0 Å². The fourth-order valence-corrected chi connectivity index (χ4v) is 3.32. The first-order chi connectivity index (χ1) is 10.4. The topological polar surface area (TPSA) is 67.6 Å². The second-order valence-electron chi connectivity index (χ2n) is 4.53. The number of hydrogen-bond donors (Lipinski definition) is 0. The minimum atomic E-state index is -0.460. The Kier molecular flexibility index (Phi) is 3.76. The molecule has 0 unspecified atom stereocenters. The molecule has 22 heavy (non-hydrogen) atoms. The monoisotopic (exact) mass is 355 g/mol. The SMILES string of the molecule is CN1C(=O)S/C(=C\c2coc3c(Cl)cc(Cl)cc3c2=O)C1=O. The second-order valence-corrected chi connectivity index (χ2v) is 6.36. The van der Waals surface area contributed by atoms with Crippen LogP contribution < -0.4 is 5.43 Å². The Hall–Kier alpha value is -1.76. The van der Waals surface area contributed by atoms with Gasteiger partial charge in [0.2, 0.25) is 0 Å². The Morgan fingerprint density at radius 3 is 2.59 bits per heavy atom. The third-order valence-electron chi connectivity index (χ3n) is 3.09. The predicted molar refractivity (Wildman–Crippen MR) is 86.2 cm³/mol. The summed E-state index contributed by atoms with van der Waals surface area (Å²) < 4.78 is 5.35. The normalized spacial score (nSPS) is 17.0. The Labute approximate surface area is 138 Å². The van der Waals surface area contributed by atoms with Crippen LogP contribution in [0.4, 0.5) is 4.79 Å². The van der Waals surface area contributed by atoms with Crippen LogP contribution in [0.3, 0.4) is 0 Å². The van der Waals surface area contributed by atoms with Crippen molar-refractivity contribution in [3.8, 4) is 0 Å². The molecule has 112 valence electrons. The zero-order chi connectivity index (χ0) is 16.0. The number of thioether (sulfide) groups is 1. The first-order valence-corrected chi connectivity index (χ1v) is 7.58. The van der Waals surface area contributed by atoms with Crippen molar-refractivity contribution in [2.24, 2.45) is 0 Å². The lowest BCUT2D eigenvalue weighted by molar-refractivity contribution is -0.121. The minimum absolute atomic E-state index is 0.143. The molecule has 0 saturated carbocycles. The Morgan fingerprint density at radius 2 is 1.95 bits per heavy atom. The van der Waals surface area contributed by atoms with E-state index in [0.29, 0.717) is 5.02 Å². The number of benzene rings is 1. The number of nitrogens with zero attached hydrogens (tertiary/aromatic N) is 1. The Bertz CT molecular complexity index is 919. The highest BCUT2D eigenvalue weighted by molar-refractivity contribution is 8.18. The molecule has 0 atom stereocenters. The summed E-state index contributed by atoms with van der Waals surface area (Å²) in [5.41, 5.74) is -0.0184. The number of amides is 2. The van der Waals surface area contributed by atoms with E-state index in [1.807, 2.05) is 0 Å². The Balaban J connectivity index is 2.18. The maximum absolute atomic E-state index is 12.4. The molecule has 0 radical (unpaired) electrons. The first-order valence-electron chi connectivity index (χ1n) is 6.00. The van der Waals surface area contributed by atoms with E-state index in [1.165, 1.54) is 31.5 Å². The van der Waals surface area contributed by atoms with E-state index in [2.05, 4.69) is 0 Å². The van der Waals surface area contributed by atoms with E-state index in [9.17, 15) is 14.4 Å². The minimum Gasteiger partial charge on any atom is -0.462 e. The van der Waals surface area contributed by atoms with Crippen molar-refractivity contribution in [3.05, 3.63) is 49.1 Å². The molecule has 0 spiro atoms. The number of carbonyl (C=O) groups excluding carboxylic acids is 2. The van der Waals surface area contributed by atoms with Gasteiger partial charge in [0, 0.05) is 12.1 Å². The average molecular weight is 356 g/mol. The highest BCUT2D eigenvalue weighted by atomic mass is 35.5. The zero-order valence-electron chi connectivity index (χ0n) is 11.1. The molecule has 1 fully saturated rings. The summed E-state index contributed by atoms with van der Waals surface area (Å²) in [5.74, 6) is -0.460. The summed E-state index contributed by atoms with van der Waals surface area (Å²) in [6.07, 6.45) is 2.53. The van der Waals surface area contributed by atoms with Gasteiger partial charge in [0.15, 0.2) is 11.0 Å². The number of likely N-dealkylation sites (N-methyl/N-ethyl adjacent to an activating group) is 1. The summed E-state index contributed by atoms with van der Waals surface area (Å²) in [6.45, 7) is 0. The fourth-order valence-electron chi connectivity index (χ4n) is 1.97. The van der Waals surface area contributed by atoms with Crippen LogP contribution in [-0.4, -0.2) is 23.1 Å². The molecule has 3 rings (SSSR count). The van der Waals surface area contributed by atoms with E-state index < -0.39 is 11.1 Å². The molecular formula is C14H7Cl2NO4S. The lowest BCUT2D eigenvalue weighted by Crippen LogP contribution is -2.22. The molecule has 1 saturated heterocycles. The third kappa shape index (κ3) is 2.43. The van der Waals surface area contributed by atoms with Crippen molar-refractivity contribution >= 4 is 63.2 Å². The molecule has 2 amide bonds. The Morgan fingerprint density at radius 1 is 1.23 bits per heavy atom. The maximum atomic E-state index is 12.4. The van der Waals surface area contributed by atoms with Gasteiger partial charge in [-0.2, -0.15) is 0 Å². The molecule has 0 bridgehead atoms. The van der Waals surface area contributed by atoms with Gasteiger partial charge in [-0.25, -0.2) is 0 Å². The lowest BCUT2D eigenvalue weighted by Gasteiger charge is -2.02. The van der Waals surface area contributed by atoms with Crippen LogP contribution >= 0.6 is 35.0 Å². The first kappa shape index (κ1) is 15.1. The molecule has 1 aliphatic rings. The summed E-state index contributed by atoms with van der Waals surface area (Å²) in [7, 11) is 1.38. The highest BCUT2D eigenvalue weighted by Crippen LogP contribution is 2.31. The van der Waals surface area contributed by atoms with Crippen LogP contribution in [-0.2, 0) is 4.79 Å². The van der Waals surface area contributed by atoms with Gasteiger partial charge in [-0.1, -0.05) is 23.2 Å². The number of fused-ring (bicyclic) bond motifs is 1. The van der Waals surface area contributed by atoms with Gasteiger partial charge < -0.3 is 4.42 Å². The van der Waals surface area contributed by atoms with Gasteiger partial charge >= 0.3 is 0 Å². The molecule has 1 aliphatic heterocycles. The van der Waals surface area contributed by atoms with Gasteiger partial charge in [-0.15, -0.1) is 0 Å². The number of imide groups is 1. The highest BCUT2D eigenvalue weighted by Gasteiger charge is 2.32. The zero-order valence-corrected chi connectivity index (χ0v) is 13.4. The van der Waals surface area contributed by atoms with Crippen LogP contribution in [0.15, 0.2) is 32.5 Å². The summed E-state index contributed by atoms with van der Waals surface area (Å²) in [5, 5.41) is 0.338. The second kappa shape index (κ2) is 5.46. The van der Waals surface area contributed by atoms with Crippen LogP contribution in [0.1, 0.15) is 5.56 Å². The van der Waals surface area contributed by atoms with Crippen LogP contribution in [0.25, 0.3) is 17.0 Å². The fraction of sp³-hybridized carbons (Fsp3) is 0.0714. The quantitative estimate of drug-likeness (QED) is 0.728. The predicted octanol–water partition coefficient (Wildman–Crippen LogP) is 3.77. The van der Waals surface area contributed by atoms with Crippen molar-refractivity contribution in [3.63, 3.8) is 0 Å². The van der Waals surface area contributed by atoms with E-state index in [-0.39, 0.29) is 31.9 Å². The average Bonchev–Trinajstić information content (AvgIpc) is 2.70. The number of carbonyl (C=O) groups is 2. The molecule has 8 heteroatoms. The standard InChI is InChI=1S/C14H7Cl2NO4S/c1-17-13(19)10(22-14(17)20)2-6-5-21-12-8(11(6)18)3-7(15)4-9(12)16/h2-5H,1H3/b10-2-. The van der Waals surface area contributed by atoms with Crippen molar-refractivity contribution in [2.45, 2.75) is 0 Å². The van der Waals surface area contributed by atoms with Gasteiger partial charge in [-0.3, -0.25) is 19.3 Å². The molecule has 0 aliphatic carbocycles. The summed E-state index contributed by atoms with van der Waals surface area (Å²) in [4.78, 5) is 36.9. The van der Waals surface area contributed by atoms with Crippen molar-refractivity contribution in [1.82, 2.24) is 4.90 Å². The molecule has 5 nitrogen and oxygen atoms in total. The van der Waals surface area contributed by atoms with E-state index in [0.717, 1.165) is 16.7 Å². The summed E-state index contributed by atoms with van der Waals surface area (Å²) >= 11 is 12.6. The number of halogens is 2. The van der Waals surface area contributed by atoms with Gasteiger partial charge in [0.1, 0.15) is 6.26 Å². The number of rotatable bonds is 1. The third-order valence-corrected chi connectivity index (χ3v) is 4.55. The molecule has 0 N–H and O–H groups in total. The lowest BCUT2D eigenvalue weighted by atomic mass is 10.1. The largest absolute Gasteiger partial charge is 0.462 e. The molecular weight excluding hydrogens is 349 g/mol. The smallest absolute Gasteiger partial charge is 0.293 e. The summed E-state index contributed by atoms with van der Waals surface area (Å²) in [6, 6.07) is 2.91. The van der Waals surface area contributed by atoms with Crippen LogP contribution in [0.2, 0.25) is 10.0 Å². The van der Waals surface area contributed by atoms with Crippen molar-refractivity contribution in [1.29, 1.82) is 0 Å². The number of hydrogen-bond acceptors (Lipinski definition) is 5. The van der Waals surface area contributed by atoms with E-state index >= 15 is 0 Å². The maximum Gasteiger partial charge on any atom is 0.293 e. The van der Waals surface area contributed by atoms with Crippen molar-refractivity contribution in [2.75, 3.05) is 7.05 Å². The molecule has 2 aromatic rings. The van der Waals surface area contributed by atoms with Crippen LogP contribution in [0.5, 0.6) is 0 Å². The van der Waals surface area contributed by atoms with Gasteiger partial charge in [0.25, 0.3) is 11.1 Å². The van der Waals surface area contributed by atoms with Gasteiger partial charge in [-0.05, 0) is 30.0 Å². The molecule has 1 aromatic heterocycles. The molecule has 1 aromatic carbocycles. The van der Waals surface area contributed by atoms with E-state index in [1.54, 1.807) is 0 Å². The molecule has 2 heterocycles. The van der Waals surface area contributed by atoms with Crippen LogP contribution in [0, 0.1) is 0 Å². The van der Waals surface area contributed by atoms with Gasteiger partial charge in [0.05, 0.1) is 20.9 Å². The van der Waals surface area contributed by atoms with E-state index in [4.69, 9.17) is 27.6 Å².